The van der Waals surface area contributed by atoms with Gasteiger partial charge in [0.15, 0.2) is 0 Å². The first-order valence-electron chi connectivity index (χ1n) is 7.78. The van der Waals surface area contributed by atoms with Crippen LogP contribution >= 0.6 is 11.6 Å². The molecule has 0 aliphatic carbocycles. The van der Waals surface area contributed by atoms with Crippen LogP contribution in [0.25, 0.3) is 0 Å². The van der Waals surface area contributed by atoms with Crippen LogP contribution in [0.4, 0.5) is 0 Å². The normalized spacial score (nSPS) is 14.3. The summed E-state index contributed by atoms with van der Waals surface area (Å²) in [6.07, 6.45) is 2.37. The standard InChI is InChI=1S/C18H19ClN2O2/c1-2-23-18(22)14-10-20-16-8-9-21(12-15(16)17(14)19)11-13-6-4-3-5-7-13/h3-7,10H,2,8-9,11-12H2,1H3. The number of hydrogen-bond acceptors (Lipinski definition) is 4. The number of esters is 1. The zero-order valence-electron chi connectivity index (χ0n) is 13.1. The third-order valence-electron chi connectivity index (χ3n) is 3.99. The summed E-state index contributed by atoms with van der Waals surface area (Å²) in [6.45, 7) is 4.60. The van der Waals surface area contributed by atoms with E-state index in [1.807, 2.05) is 18.2 Å². The summed E-state index contributed by atoms with van der Waals surface area (Å²) in [5, 5.41) is 0.478. The summed E-state index contributed by atoms with van der Waals surface area (Å²) in [6, 6.07) is 10.3. The molecule has 2 heterocycles. The number of rotatable bonds is 4. The first-order valence-corrected chi connectivity index (χ1v) is 8.16. The Balaban J connectivity index is 1.81. The largest absolute Gasteiger partial charge is 0.462 e. The van der Waals surface area contributed by atoms with Crippen LogP contribution in [0.5, 0.6) is 0 Å². The molecule has 23 heavy (non-hydrogen) atoms. The quantitative estimate of drug-likeness (QED) is 0.805. The van der Waals surface area contributed by atoms with Crippen molar-refractivity contribution >= 4 is 17.6 Å². The van der Waals surface area contributed by atoms with Gasteiger partial charge in [-0.1, -0.05) is 41.9 Å². The van der Waals surface area contributed by atoms with E-state index < -0.39 is 5.97 Å². The second kappa shape index (κ2) is 7.11. The van der Waals surface area contributed by atoms with Crippen molar-refractivity contribution in [2.45, 2.75) is 26.4 Å². The van der Waals surface area contributed by atoms with E-state index in [2.05, 4.69) is 22.0 Å². The first kappa shape index (κ1) is 16.0. The highest BCUT2D eigenvalue weighted by Crippen LogP contribution is 2.29. The Morgan fingerprint density at radius 1 is 1.35 bits per heavy atom. The van der Waals surface area contributed by atoms with E-state index >= 15 is 0 Å². The van der Waals surface area contributed by atoms with Crippen LogP contribution < -0.4 is 0 Å². The molecule has 0 N–H and O–H groups in total. The van der Waals surface area contributed by atoms with Crippen molar-refractivity contribution in [1.82, 2.24) is 9.88 Å². The molecule has 1 aromatic carbocycles. The summed E-state index contributed by atoms with van der Waals surface area (Å²) < 4.78 is 5.05. The van der Waals surface area contributed by atoms with E-state index in [1.54, 1.807) is 6.92 Å². The van der Waals surface area contributed by atoms with Gasteiger partial charge in [0, 0.05) is 43.5 Å². The van der Waals surface area contributed by atoms with Gasteiger partial charge in [-0.2, -0.15) is 0 Å². The molecule has 0 unspecified atom stereocenters. The third-order valence-corrected chi connectivity index (χ3v) is 4.42. The zero-order chi connectivity index (χ0) is 16.2. The summed E-state index contributed by atoms with van der Waals surface area (Å²) in [5.74, 6) is -0.409. The number of pyridine rings is 1. The Labute approximate surface area is 141 Å². The Morgan fingerprint density at radius 2 is 2.13 bits per heavy atom. The molecule has 2 aromatic rings. The van der Waals surface area contributed by atoms with Crippen molar-refractivity contribution in [3.63, 3.8) is 0 Å². The van der Waals surface area contributed by atoms with Crippen molar-refractivity contribution in [3.05, 3.63) is 63.9 Å². The molecule has 1 aromatic heterocycles. The molecule has 0 saturated heterocycles. The van der Waals surface area contributed by atoms with Crippen LogP contribution in [-0.2, 0) is 24.2 Å². The number of halogens is 1. The van der Waals surface area contributed by atoms with Crippen molar-refractivity contribution in [2.24, 2.45) is 0 Å². The second-order valence-electron chi connectivity index (χ2n) is 5.58. The van der Waals surface area contributed by atoms with Crippen molar-refractivity contribution in [1.29, 1.82) is 0 Å². The van der Waals surface area contributed by atoms with E-state index in [0.29, 0.717) is 23.7 Å². The van der Waals surface area contributed by atoms with Crippen molar-refractivity contribution in [3.8, 4) is 0 Å². The van der Waals surface area contributed by atoms with Gasteiger partial charge in [0.1, 0.15) is 0 Å². The van der Waals surface area contributed by atoms with Gasteiger partial charge in [0.2, 0.25) is 0 Å². The van der Waals surface area contributed by atoms with Crippen molar-refractivity contribution < 1.29 is 9.53 Å². The minimum Gasteiger partial charge on any atom is -0.462 e. The summed E-state index contributed by atoms with van der Waals surface area (Å²) in [5.41, 5.74) is 3.54. The third kappa shape index (κ3) is 3.54. The van der Waals surface area contributed by atoms with Crippen LogP contribution in [0.1, 0.15) is 34.1 Å². The van der Waals surface area contributed by atoms with E-state index in [4.69, 9.17) is 16.3 Å². The maximum Gasteiger partial charge on any atom is 0.341 e. The molecule has 3 rings (SSSR count). The maximum absolute atomic E-state index is 12.0. The Kier molecular flexibility index (Phi) is 4.94. The lowest BCUT2D eigenvalue weighted by Crippen LogP contribution is -2.31. The molecule has 5 heteroatoms. The molecule has 0 radical (unpaired) electrons. The number of carbonyl (C=O) groups is 1. The fraction of sp³-hybridized carbons (Fsp3) is 0.333. The average molecular weight is 331 g/mol. The van der Waals surface area contributed by atoms with E-state index in [0.717, 1.165) is 30.8 Å². The Bertz CT molecular complexity index is 704. The molecule has 0 atom stereocenters. The molecule has 0 amide bonds. The van der Waals surface area contributed by atoms with Gasteiger partial charge in [-0.05, 0) is 12.5 Å². The SMILES string of the molecule is CCOC(=O)c1cnc2c(c1Cl)CN(Cc1ccccc1)CC2. The van der Waals surface area contributed by atoms with Crippen LogP contribution in [-0.4, -0.2) is 29.0 Å². The van der Waals surface area contributed by atoms with Crippen LogP contribution in [0.2, 0.25) is 5.02 Å². The Morgan fingerprint density at radius 3 is 2.87 bits per heavy atom. The highest BCUT2D eigenvalue weighted by Gasteiger charge is 2.24. The molecule has 120 valence electrons. The van der Waals surface area contributed by atoms with Gasteiger partial charge >= 0.3 is 5.97 Å². The molecule has 0 saturated carbocycles. The summed E-state index contributed by atoms with van der Waals surface area (Å²) in [7, 11) is 0. The number of benzene rings is 1. The molecule has 1 aliphatic heterocycles. The van der Waals surface area contributed by atoms with Gasteiger partial charge in [0.05, 0.1) is 17.2 Å². The number of hydrogen-bond donors (Lipinski definition) is 0. The average Bonchev–Trinajstić information content (AvgIpc) is 2.57. The van der Waals surface area contributed by atoms with Gasteiger partial charge in [-0.25, -0.2) is 4.79 Å². The predicted molar refractivity (Wildman–Crippen MR) is 89.5 cm³/mol. The fourth-order valence-corrected chi connectivity index (χ4v) is 3.13. The lowest BCUT2D eigenvalue weighted by Gasteiger charge is -2.29. The lowest BCUT2D eigenvalue weighted by molar-refractivity contribution is 0.0525. The number of ether oxygens (including phenoxy) is 1. The zero-order valence-corrected chi connectivity index (χ0v) is 13.8. The summed E-state index contributed by atoms with van der Waals surface area (Å²) >= 11 is 6.46. The lowest BCUT2D eigenvalue weighted by atomic mass is 10.0. The molecule has 0 bridgehead atoms. The molecule has 4 nitrogen and oxygen atoms in total. The number of fused-ring (bicyclic) bond motifs is 1. The first-order chi connectivity index (χ1) is 11.2. The minimum atomic E-state index is -0.409. The van der Waals surface area contributed by atoms with Gasteiger partial charge in [0.25, 0.3) is 0 Å². The highest BCUT2D eigenvalue weighted by atomic mass is 35.5. The van der Waals surface area contributed by atoms with E-state index in [-0.39, 0.29) is 0 Å². The molecule has 1 aliphatic rings. The van der Waals surface area contributed by atoms with Gasteiger partial charge in [-0.15, -0.1) is 0 Å². The van der Waals surface area contributed by atoms with Crippen LogP contribution in [0.15, 0.2) is 36.5 Å². The molecule has 0 spiro atoms. The van der Waals surface area contributed by atoms with Crippen molar-refractivity contribution in [2.75, 3.05) is 13.2 Å². The Hall–Kier alpha value is -1.91. The fourth-order valence-electron chi connectivity index (χ4n) is 2.84. The smallest absolute Gasteiger partial charge is 0.341 e. The van der Waals surface area contributed by atoms with E-state index in [1.165, 1.54) is 11.8 Å². The maximum atomic E-state index is 12.0. The van der Waals surface area contributed by atoms with Gasteiger partial charge in [-0.3, -0.25) is 9.88 Å². The molecule has 0 fully saturated rings. The number of nitrogens with zero attached hydrogens (tertiary/aromatic N) is 2. The monoisotopic (exact) mass is 330 g/mol. The number of aromatic nitrogens is 1. The molecular weight excluding hydrogens is 312 g/mol. The summed E-state index contributed by atoms with van der Waals surface area (Å²) in [4.78, 5) is 18.7. The number of carbonyl (C=O) groups excluding carboxylic acids is 1. The van der Waals surface area contributed by atoms with Crippen LogP contribution in [0, 0.1) is 0 Å². The minimum absolute atomic E-state index is 0.326. The van der Waals surface area contributed by atoms with Crippen LogP contribution in [0.3, 0.4) is 0 Å². The second-order valence-corrected chi connectivity index (χ2v) is 5.96. The van der Waals surface area contributed by atoms with Gasteiger partial charge < -0.3 is 4.74 Å². The molecular formula is C18H19ClN2O2. The van der Waals surface area contributed by atoms with E-state index in [9.17, 15) is 4.79 Å². The predicted octanol–water partition coefficient (Wildman–Crippen LogP) is 3.47. The topological polar surface area (TPSA) is 42.4 Å². The highest BCUT2D eigenvalue weighted by molar-refractivity contribution is 6.34.